The van der Waals surface area contributed by atoms with Gasteiger partial charge in [-0.2, -0.15) is 0 Å². The highest BCUT2D eigenvalue weighted by molar-refractivity contribution is 7.98. The molecule has 0 atom stereocenters. The molecule has 1 aliphatic heterocycles. The number of thiophene rings is 1. The van der Waals surface area contributed by atoms with Gasteiger partial charge in [0.15, 0.2) is 0 Å². The zero-order valence-corrected chi connectivity index (χ0v) is 17.6. The van der Waals surface area contributed by atoms with E-state index in [9.17, 15) is 0 Å². The van der Waals surface area contributed by atoms with Crippen molar-refractivity contribution in [2.75, 3.05) is 0 Å². The van der Waals surface area contributed by atoms with Gasteiger partial charge in [-0.1, -0.05) is 54.6 Å². The highest BCUT2D eigenvalue weighted by Gasteiger charge is 2.21. The second-order valence-corrected chi connectivity index (χ2v) is 9.67. The minimum atomic E-state index is 0.901. The zero-order valence-electron chi connectivity index (χ0n) is 16.0. The summed E-state index contributed by atoms with van der Waals surface area (Å²) in [5, 5.41) is 2.70. The number of benzene rings is 4. The first-order valence-electron chi connectivity index (χ1n) is 10.0. The molecule has 0 saturated heterocycles. The molecule has 0 amide bonds. The average molecular weight is 421 g/mol. The molecule has 4 heteroatoms. The number of para-hydroxylation sites is 2. The summed E-state index contributed by atoms with van der Waals surface area (Å²) in [5.74, 6) is 2.03. The third-order valence-corrected chi connectivity index (χ3v) is 8.16. The van der Waals surface area contributed by atoms with Crippen molar-refractivity contribution in [2.24, 2.45) is 0 Å². The van der Waals surface area contributed by atoms with Gasteiger partial charge in [-0.3, -0.25) is 4.57 Å². The van der Waals surface area contributed by atoms with E-state index >= 15 is 0 Å². The first-order valence-corrected chi connectivity index (χ1v) is 11.8. The standard InChI is InChI=1S/C26H16N2S2/c1-4-11-23-18(6-1)19-8-5-7-17(26(19)30-23)16-12-13-22-24(14-16)29-15-25-27-20-9-2-3-10-21(20)28(22)25/h1-14H,15H2. The molecule has 0 fully saturated rings. The SMILES string of the molecule is c1ccc2c(c1)nc1n2-c2ccc(-c3cccc4c3sc3ccccc34)cc2SC1. The maximum Gasteiger partial charge on any atom is 0.124 e. The van der Waals surface area contributed by atoms with Gasteiger partial charge in [0.25, 0.3) is 0 Å². The van der Waals surface area contributed by atoms with E-state index in [-0.39, 0.29) is 0 Å². The lowest BCUT2D eigenvalue weighted by atomic mass is 10.0. The van der Waals surface area contributed by atoms with Crippen molar-refractivity contribution in [3.05, 3.63) is 90.8 Å². The van der Waals surface area contributed by atoms with Crippen molar-refractivity contribution in [3.8, 4) is 16.8 Å². The lowest BCUT2D eigenvalue weighted by Crippen LogP contribution is -2.06. The zero-order chi connectivity index (χ0) is 19.7. The van der Waals surface area contributed by atoms with Crippen LogP contribution in [-0.2, 0) is 5.75 Å². The van der Waals surface area contributed by atoms with Gasteiger partial charge in [0.1, 0.15) is 5.82 Å². The van der Waals surface area contributed by atoms with E-state index in [4.69, 9.17) is 4.98 Å². The molecule has 142 valence electrons. The lowest BCUT2D eigenvalue weighted by Gasteiger charge is -2.20. The Morgan fingerprint density at radius 1 is 0.800 bits per heavy atom. The summed E-state index contributed by atoms with van der Waals surface area (Å²) in [6.45, 7) is 0. The maximum absolute atomic E-state index is 4.84. The Hall–Kier alpha value is -3.08. The van der Waals surface area contributed by atoms with Crippen LogP contribution < -0.4 is 0 Å². The van der Waals surface area contributed by atoms with Crippen LogP contribution in [0.5, 0.6) is 0 Å². The normalized spacial score (nSPS) is 13.1. The number of thioether (sulfide) groups is 1. The molecule has 7 rings (SSSR count). The summed E-state index contributed by atoms with van der Waals surface area (Å²) in [5.41, 5.74) is 6.10. The number of imidazole rings is 1. The third kappa shape index (κ3) is 2.29. The molecule has 3 heterocycles. The number of aromatic nitrogens is 2. The average Bonchev–Trinajstić information content (AvgIpc) is 3.37. The van der Waals surface area contributed by atoms with E-state index in [1.807, 2.05) is 23.1 Å². The lowest BCUT2D eigenvalue weighted by molar-refractivity contribution is 0.946. The van der Waals surface area contributed by atoms with E-state index in [1.54, 1.807) is 0 Å². The van der Waals surface area contributed by atoms with Gasteiger partial charge in [0, 0.05) is 25.1 Å². The highest BCUT2D eigenvalue weighted by Crippen LogP contribution is 2.43. The minimum absolute atomic E-state index is 0.901. The fourth-order valence-corrected chi connectivity index (χ4v) is 6.77. The van der Waals surface area contributed by atoms with Gasteiger partial charge in [-0.05, 0) is 41.5 Å². The van der Waals surface area contributed by atoms with Gasteiger partial charge in [0.2, 0.25) is 0 Å². The number of rotatable bonds is 1. The maximum atomic E-state index is 4.84. The molecule has 0 spiro atoms. The Morgan fingerprint density at radius 2 is 1.67 bits per heavy atom. The molecule has 6 aromatic rings. The van der Waals surface area contributed by atoms with Gasteiger partial charge in [-0.15, -0.1) is 23.1 Å². The van der Waals surface area contributed by atoms with Crippen LogP contribution in [0, 0.1) is 0 Å². The fourth-order valence-electron chi connectivity index (χ4n) is 4.54. The second kappa shape index (κ2) is 6.21. The summed E-state index contributed by atoms with van der Waals surface area (Å²) in [4.78, 5) is 6.16. The summed E-state index contributed by atoms with van der Waals surface area (Å²) in [6, 6.07) is 30.7. The van der Waals surface area contributed by atoms with Crippen LogP contribution in [0.3, 0.4) is 0 Å². The molecular formula is C26H16N2S2. The molecule has 1 aliphatic rings. The van der Waals surface area contributed by atoms with E-state index in [0.29, 0.717) is 0 Å². The molecule has 30 heavy (non-hydrogen) atoms. The van der Waals surface area contributed by atoms with E-state index in [0.717, 1.165) is 17.1 Å². The minimum Gasteiger partial charge on any atom is -0.294 e. The largest absolute Gasteiger partial charge is 0.294 e. The van der Waals surface area contributed by atoms with E-state index in [2.05, 4.69) is 89.5 Å². The van der Waals surface area contributed by atoms with Crippen molar-refractivity contribution in [3.63, 3.8) is 0 Å². The second-order valence-electron chi connectivity index (χ2n) is 7.60. The van der Waals surface area contributed by atoms with E-state index in [1.165, 1.54) is 47.4 Å². The van der Waals surface area contributed by atoms with Gasteiger partial charge in [0.05, 0.1) is 22.5 Å². The Morgan fingerprint density at radius 3 is 2.67 bits per heavy atom. The molecule has 2 nitrogen and oxygen atoms in total. The number of fused-ring (bicyclic) bond motifs is 8. The summed E-state index contributed by atoms with van der Waals surface area (Å²) < 4.78 is 5.04. The Kier molecular flexibility index (Phi) is 3.45. The van der Waals surface area contributed by atoms with Gasteiger partial charge < -0.3 is 0 Å². The summed E-state index contributed by atoms with van der Waals surface area (Å²) in [7, 11) is 0. The molecule has 0 saturated carbocycles. The van der Waals surface area contributed by atoms with Crippen molar-refractivity contribution in [1.29, 1.82) is 0 Å². The quantitative estimate of drug-likeness (QED) is 0.272. The fraction of sp³-hybridized carbons (Fsp3) is 0.0385. The predicted octanol–water partition coefficient (Wildman–Crippen LogP) is 7.67. The first-order chi connectivity index (χ1) is 14.9. The number of nitrogens with zero attached hydrogens (tertiary/aromatic N) is 2. The highest BCUT2D eigenvalue weighted by atomic mass is 32.2. The van der Waals surface area contributed by atoms with Crippen LogP contribution in [-0.4, -0.2) is 9.55 Å². The topological polar surface area (TPSA) is 17.8 Å². The van der Waals surface area contributed by atoms with Crippen LogP contribution in [0.2, 0.25) is 0 Å². The predicted molar refractivity (Wildman–Crippen MR) is 129 cm³/mol. The molecule has 0 unspecified atom stereocenters. The molecule has 0 bridgehead atoms. The molecule has 0 radical (unpaired) electrons. The Labute approximate surface area is 181 Å². The monoisotopic (exact) mass is 420 g/mol. The number of hydrogen-bond acceptors (Lipinski definition) is 3. The molecule has 0 N–H and O–H groups in total. The third-order valence-electron chi connectivity index (χ3n) is 5.90. The van der Waals surface area contributed by atoms with Crippen molar-refractivity contribution < 1.29 is 0 Å². The van der Waals surface area contributed by atoms with Crippen LogP contribution in [0.25, 0.3) is 48.0 Å². The van der Waals surface area contributed by atoms with E-state index < -0.39 is 0 Å². The van der Waals surface area contributed by atoms with Crippen LogP contribution >= 0.6 is 23.1 Å². The molecule has 0 aliphatic carbocycles. The Bertz CT molecular complexity index is 1610. The smallest absolute Gasteiger partial charge is 0.124 e. The molecular weight excluding hydrogens is 404 g/mol. The molecule has 4 aromatic carbocycles. The van der Waals surface area contributed by atoms with Gasteiger partial charge >= 0.3 is 0 Å². The first kappa shape index (κ1) is 16.7. The van der Waals surface area contributed by atoms with Crippen LogP contribution in [0.1, 0.15) is 5.82 Å². The van der Waals surface area contributed by atoms with Crippen LogP contribution in [0.4, 0.5) is 0 Å². The summed E-state index contributed by atoms with van der Waals surface area (Å²) in [6.07, 6.45) is 0. The molecule has 2 aromatic heterocycles. The van der Waals surface area contributed by atoms with Crippen LogP contribution in [0.15, 0.2) is 89.8 Å². The number of hydrogen-bond donors (Lipinski definition) is 0. The Balaban J connectivity index is 1.45. The van der Waals surface area contributed by atoms with Crippen molar-refractivity contribution in [2.45, 2.75) is 10.6 Å². The van der Waals surface area contributed by atoms with Crippen molar-refractivity contribution >= 4 is 54.3 Å². The summed E-state index contributed by atoms with van der Waals surface area (Å²) >= 11 is 3.78. The van der Waals surface area contributed by atoms with Crippen molar-refractivity contribution in [1.82, 2.24) is 9.55 Å². The van der Waals surface area contributed by atoms with Gasteiger partial charge in [-0.25, -0.2) is 4.98 Å².